The number of hydrogen-bond acceptors (Lipinski definition) is 3. The van der Waals surface area contributed by atoms with Crippen LogP contribution in [0, 0.1) is 3.57 Å². The van der Waals surface area contributed by atoms with Gasteiger partial charge < -0.3 is 4.74 Å². The number of halogens is 2. The summed E-state index contributed by atoms with van der Waals surface area (Å²) in [5.74, 6) is 2.40. The number of rotatable bonds is 3. The molecular formula is C13H12BrIN2O. The fourth-order valence-corrected chi connectivity index (χ4v) is 2.24. The van der Waals surface area contributed by atoms with Crippen molar-refractivity contribution in [3.05, 3.63) is 44.3 Å². The van der Waals surface area contributed by atoms with Crippen molar-refractivity contribution in [3.63, 3.8) is 0 Å². The molecule has 1 aromatic carbocycles. The van der Waals surface area contributed by atoms with Gasteiger partial charge in [0, 0.05) is 12.0 Å². The first-order valence-electron chi connectivity index (χ1n) is 5.53. The Balaban J connectivity index is 2.32. The Morgan fingerprint density at radius 3 is 2.61 bits per heavy atom. The summed E-state index contributed by atoms with van der Waals surface area (Å²) in [4.78, 5) is 8.72. The minimum Gasteiger partial charge on any atom is -0.438 e. The van der Waals surface area contributed by atoms with Crippen LogP contribution in [-0.4, -0.2) is 9.97 Å². The first-order valence-corrected chi connectivity index (χ1v) is 7.40. The minimum atomic E-state index is 0.264. The fourth-order valence-electron chi connectivity index (χ4n) is 1.36. The molecule has 0 saturated carbocycles. The maximum Gasteiger partial charge on any atom is 0.223 e. The van der Waals surface area contributed by atoms with Crippen molar-refractivity contribution in [1.82, 2.24) is 9.97 Å². The van der Waals surface area contributed by atoms with Crippen molar-refractivity contribution >= 4 is 38.5 Å². The van der Waals surface area contributed by atoms with E-state index in [9.17, 15) is 0 Å². The van der Waals surface area contributed by atoms with E-state index < -0.39 is 0 Å². The molecule has 2 rings (SSSR count). The SMILES string of the molecule is CC(C)c1nc(Br)cc(Oc2ccccc2I)n1. The van der Waals surface area contributed by atoms with Crippen LogP contribution in [0.4, 0.5) is 0 Å². The second-order valence-corrected chi connectivity index (χ2v) is 6.05. The van der Waals surface area contributed by atoms with Crippen LogP contribution >= 0.6 is 38.5 Å². The number of nitrogens with zero attached hydrogens (tertiary/aromatic N) is 2. The van der Waals surface area contributed by atoms with Gasteiger partial charge in [-0.2, -0.15) is 4.98 Å². The average molecular weight is 419 g/mol. The van der Waals surface area contributed by atoms with Crippen LogP contribution in [0.15, 0.2) is 34.9 Å². The fraction of sp³-hybridized carbons (Fsp3) is 0.231. The third-order valence-electron chi connectivity index (χ3n) is 2.26. The Labute approximate surface area is 128 Å². The van der Waals surface area contributed by atoms with Crippen LogP contribution in [-0.2, 0) is 0 Å². The highest BCUT2D eigenvalue weighted by molar-refractivity contribution is 14.1. The molecule has 1 aromatic heterocycles. The van der Waals surface area contributed by atoms with Crippen LogP contribution in [0.5, 0.6) is 11.6 Å². The molecule has 0 bridgehead atoms. The normalized spacial score (nSPS) is 10.7. The quantitative estimate of drug-likeness (QED) is 0.532. The largest absolute Gasteiger partial charge is 0.438 e. The van der Waals surface area contributed by atoms with Crippen molar-refractivity contribution in [2.75, 3.05) is 0 Å². The number of aromatic nitrogens is 2. The maximum absolute atomic E-state index is 5.79. The number of benzene rings is 1. The second kappa shape index (κ2) is 5.97. The predicted molar refractivity (Wildman–Crippen MR) is 83.1 cm³/mol. The van der Waals surface area contributed by atoms with Gasteiger partial charge in [-0.15, -0.1) is 0 Å². The smallest absolute Gasteiger partial charge is 0.223 e. The third-order valence-corrected chi connectivity index (χ3v) is 3.55. The van der Waals surface area contributed by atoms with Gasteiger partial charge in [0.2, 0.25) is 5.88 Å². The lowest BCUT2D eigenvalue weighted by Gasteiger charge is -2.09. The summed E-state index contributed by atoms with van der Waals surface area (Å²) in [5.41, 5.74) is 0. The van der Waals surface area contributed by atoms with Crippen molar-refractivity contribution < 1.29 is 4.74 Å². The van der Waals surface area contributed by atoms with Crippen molar-refractivity contribution in [1.29, 1.82) is 0 Å². The summed E-state index contributed by atoms with van der Waals surface area (Å²) < 4.78 is 7.58. The summed E-state index contributed by atoms with van der Waals surface area (Å²) in [7, 11) is 0. The molecule has 0 fully saturated rings. The zero-order chi connectivity index (χ0) is 13.1. The molecule has 0 aliphatic heterocycles. The standard InChI is InChI=1S/C13H12BrIN2O/c1-8(2)13-16-11(14)7-12(17-13)18-10-6-4-3-5-9(10)15/h3-8H,1-2H3. The van der Waals surface area contributed by atoms with Gasteiger partial charge in [0.25, 0.3) is 0 Å². The van der Waals surface area contributed by atoms with Crippen LogP contribution in [0.1, 0.15) is 25.6 Å². The van der Waals surface area contributed by atoms with Crippen LogP contribution in [0.25, 0.3) is 0 Å². The molecule has 3 nitrogen and oxygen atoms in total. The van der Waals surface area contributed by atoms with Gasteiger partial charge in [-0.1, -0.05) is 26.0 Å². The van der Waals surface area contributed by atoms with E-state index >= 15 is 0 Å². The van der Waals surface area contributed by atoms with Crippen LogP contribution in [0.3, 0.4) is 0 Å². The van der Waals surface area contributed by atoms with E-state index in [2.05, 4.69) is 62.3 Å². The maximum atomic E-state index is 5.79. The molecule has 94 valence electrons. The third kappa shape index (κ3) is 3.41. The topological polar surface area (TPSA) is 35.0 Å². The molecule has 0 aliphatic rings. The Bertz CT molecular complexity index is 560. The minimum absolute atomic E-state index is 0.264. The highest BCUT2D eigenvalue weighted by atomic mass is 127. The Morgan fingerprint density at radius 2 is 1.94 bits per heavy atom. The zero-order valence-corrected chi connectivity index (χ0v) is 13.8. The van der Waals surface area contributed by atoms with E-state index in [1.807, 2.05) is 24.3 Å². The molecule has 1 heterocycles. The van der Waals surface area contributed by atoms with Crippen molar-refractivity contribution in [2.24, 2.45) is 0 Å². The predicted octanol–water partition coefficient (Wildman–Crippen LogP) is 4.76. The van der Waals surface area contributed by atoms with Gasteiger partial charge in [0.15, 0.2) is 0 Å². The molecule has 0 N–H and O–H groups in total. The van der Waals surface area contributed by atoms with E-state index in [1.165, 1.54) is 0 Å². The summed E-state index contributed by atoms with van der Waals surface area (Å²) in [6, 6.07) is 9.61. The highest BCUT2D eigenvalue weighted by Crippen LogP contribution is 2.27. The summed E-state index contributed by atoms with van der Waals surface area (Å²) in [5, 5.41) is 0. The van der Waals surface area contributed by atoms with Gasteiger partial charge >= 0.3 is 0 Å². The molecule has 0 radical (unpaired) electrons. The molecule has 0 amide bonds. The summed E-state index contributed by atoms with van der Waals surface area (Å²) in [6.07, 6.45) is 0. The van der Waals surface area contributed by atoms with Crippen LogP contribution < -0.4 is 4.74 Å². The lowest BCUT2D eigenvalue weighted by molar-refractivity contribution is 0.453. The van der Waals surface area contributed by atoms with Gasteiger partial charge in [0.05, 0.1) is 3.57 Å². The lowest BCUT2D eigenvalue weighted by Crippen LogP contribution is -2.00. The monoisotopic (exact) mass is 418 g/mol. The zero-order valence-electron chi connectivity index (χ0n) is 10.0. The van der Waals surface area contributed by atoms with E-state index in [0.717, 1.165) is 19.7 Å². The summed E-state index contributed by atoms with van der Waals surface area (Å²) >= 11 is 5.62. The van der Waals surface area contributed by atoms with Gasteiger partial charge in [-0.25, -0.2) is 4.98 Å². The molecule has 0 spiro atoms. The molecular weight excluding hydrogens is 407 g/mol. The van der Waals surface area contributed by atoms with E-state index in [-0.39, 0.29) is 5.92 Å². The Hall–Kier alpha value is -0.690. The van der Waals surface area contributed by atoms with Gasteiger partial charge in [-0.3, -0.25) is 0 Å². The Kier molecular flexibility index (Phi) is 4.55. The molecule has 0 atom stereocenters. The molecule has 0 saturated heterocycles. The first-order chi connectivity index (χ1) is 8.56. The molecule has 0 unspecified atom stereocenters. The number of hydrogen-bond donors (Lipinski definition) is 0. The van der Waals surface area contributed by atoms with Gasteiger partial charge in [0.1, 0.15) is 16.2 Å². The highest BCUT2D eigenvalue weighted by Gasteiger charge is 2.09. The van der Waals surface area contributed by atoms with Gasteiger partial charge in [-0.05, 0) is 50.7 Å². The van der Waals surface area contributed by atoms with Crippen molar-refractivity contribution in [3.8, 4) is 11.6 Å². The molecule has 5 heteroatoms. The van der Waals surface area contributed by atoms with Crippen LogP contribution in [0.2, 0.25) is 0 Å². The average Bonchev–Trinajstić information content (AvgIpc) is 2.31. The van der Waals surface area contributed by atoms with Crippen molar-refractivity contribution in [2.45, 2.75) is 19.8 Å². The number of para-hydroxylation sites is 1. The lowest BCUT2D eigenvalue weighted by atomic mass is 10.2. The van der Waals surface area contributed by atoms with E-state index in [4.69, 9.17) is 4.74 Å². The molecule has 2 aromatic rings. The first kappa shape index (κ1) is 13.7. The molecule has 18 heavy (non-hydrogen) atoms. The van der Waals surface area contributed by atoms with E-state index in [0.29, 0.717) is 5.88 Å². The molecule has 0 aliphatic carbocycles. The second-order valence-electron chi connectivity index (χ2n) is 4.07. The Morgan fingerprint density at radius 1 is 1.22 bits per heavy atom. The summed E-state index contributed by atoms with van der Waals surface area (Å²) in [6.45, 7) is 4.11. The number of ether oxygens (including phenoxy) is 1. The van der Waals surface area contributed by atoms with E-state index in [1.54, 1.807) is 6.07 Å².